The minimum atomic E-state index is -0.809. The van der Waals surface area contributed by atoms with Gasteiger partial charge in [-0.3, -0.25) is 4.79 Å². The lowest BCUT2D eigenvalue weighted by atomic mass is 9.94. The van der Waals surface area contributed by atoms with E-state index in [2.05, 4.69) is 16.4 Å². The largest absolute Gasteiger partial charge is 0.334 e. The number of nitrogens with zero attached hydrogens (tertiary/aromatic N) is 2. The molecule has 1 amide bonds. The molecule has 1 N–H and O–H groups in total. The third-order valence-corrected chi connectivity index (χ3v) is 2.99. The van der Waals surface area contributed by atoms with Crippen molar-refractivity contribution in [1.29, 1.82) is 5.26 Å². The van der Waals surface area contributed by atoms with Crippen LogP contribution in [-0.2, 0) is 0 Å². The van der Waals surface area contributed by atoms with E-state index >= 15 is 0 Å². The highest BCUT2D eigenvalue weighted by atomic mass is 35.5. The maximum absolute atomic E-state index is 11.9. The Morgan fingerprint density at radius 2 is 2.18 bits per heavy atom. The molecule has 0 bridgehead atoms. The Bertz CT molecular complexity index is 432. The second-order valence-corrected chi connectivity index (χ2v) is 4.11. The van der Waals surface area contributed by atoms with E-state index < -0.39 is 5.54 Å². The molecule has 5 heteroatoms. The summed E-state index contributed by atoms with van der Waals surface area (Å²) in [5.41, 5.74) is -0.410. The molecule has 1 heterocycles. The number of pyridine rings is 1. The summed E-state index contributed by atoms with van der Waals surface area (Å²) in [6.45, 7) is 3.74. The standard InChI is InChI=1S/C12H14ClN3O/c1-3-12(4-2,8-14)16-11(17)9-5-6-10(13)15-7-9/h5-7H,3-4H2,1-2H3,(H,16,17). The Kier molecular flexibility index (Phi) is 4.47. The predicted molar refractivity (Wildman–Crippen MR) is 65.6 cm³/mol. The second kappa shape index (κ2) is 5.65. The van der Waals surface area contributed by atoms with Crippen LogP contribution in [0.15, 0.2) is 18.3 Å². The summed E-state index contributed by atoms with van der Waals surface area (Å²) in [7, 11) is 0. The van der Waals surface area contributed by atoms with Crippen molar-refractivity contribution in [3.05, 3.63) is 29.0 Å². The average molecular weight is 252 g/mol. The van der Waals surface area contributed by atoms with Crippen LogP contribution in [-0.4, -0.2) is 16.4 Å². The van der Waals surface area contributed by atoms with Crippen molar-refractivity contribution >= 4 is 17.5 Å². The molecule has 0 saturated heterocycles. The number of hydrogen-bond donors (Lipinski definition) is 1. The van der Waals surface area contributed by atoms with Gasteiger partial charge in [-0.1, -0.05) is 25.4 Å². The fourth-order valence-electron chi connectivity index (χ4n) is 1.41. The van der Waals surface area contributed by atoms with Gasteiger partial charge >= 0.3 is 0 Å². The van der Waals surface area contributed by atoms with E-state index in [4.69, 9.17) is 16.9 Å². The van der Waals surface area contributed by atoms with Crippen LogP contribution < -0.4 is 5.32 Å². The lowest BCUT2D eigenvalue weighted by molar-refractivity contribution is 0.0915. The SMILES string of the molecule is CCC(C#N)(CC)NC(=O)c1ccc(Cl)nc1. The minimum absolute atomic E-state index is 0.306. The fourth-order valence-corrected chi connectivity index (χ4v) is 1.52. The number of nitriles is 1. The van der Waals surface area contributed by atoms with Gasteiger partial charge in [0.15, 0.2) is 0 Å². The zero-order chi connectivity index (χ0) is 12.9. The molecule has 0 unspecified atom stereocenters. The maximum Gasteiger partial charge on any atom is 0.254 e. The minimum Gasteiger partial charge on any atom is -0.334 e. The maximum atomic E-state index is 11.9. The van der Waals surface area contributed by atoms with E-state index in [0.717, 1.165) is 0 Å². The predicted octanol–water partition coefficient (Wildman–Crippen LogP) is 2.55. The normalized spacial score (nSPS) is 10.7. The Morgan fingerprint density at radius 3 is 2.59 bits per heavy atom. The Labute approximate surface area is 106 Å². The van der Waals surface area contributed by atoms with Crippen molar-refractivity contribution in [2.75, 3.05) is 0 Å². The topological polar surface area (TPSA) is 65.8 Å². The molecule has 1 aromatic rings. The Hall–Kier alpha value is -1.60. The van der Waals surface area contributed by atoms with Crippen LogP contribution in [0.1, 0.15) is 37.0 Å². The monoisotopic (exact) mass is 251 g/mol. The van der Waals surface area contributed by atoms with Crippen molar-refractivity contribution in [2.24, 2.45) is 0 Å². The number of carbonyl (C=O) groups is 1. The van der Waals surface area contributed by atoms with Crippen LogP contribution in [0.4, 0.5) is 0 Å². The highest BCUT2D eigenvalue weighted by Gasteiger charge is 2.28. The molecule has 0 aliphatic rings. The summed E-state index contributed by atoms with van der Waals surface area (Å²) < 4.78 is 0. The smallest absolute Gasteiger partial charge is 0.254 e. The molecule has 17 heavy (non-hydrogen) atoms. The van der Waals surface area contributed by atoms with Gasteiger partial charge in [-0.05, 0) is 25.0 Å². The first-order chi connectivity index (χ1) is 8.06. The van der Waals surface area contributed by atoms with Gasteiger partial charge in [0.05, 0.1) is 11.6 Å². The fraction of sp³-hybridized carbons (Fsp3) is 0.417. The van der Waals surface area contributed by atoms with Gasteiger partial charge < -0.3 is 5.32 Å². The average Bonchev–Trinajstić information content (AvgIpc) is 2.37. The summed E-state index contributed by atoms with van der Waals surface area (Å²) in [4.78, 5) is 15.7. The summed E-state index contributed by atoms with van der Waals surface area (Å²) in [5, 5.41) is 12.2. The Balaban J connectivity index is 2.85. The number of aromatic nitrogens is 1. The molecule has 0 atom stereocenters. The van der Waals surface area contributed by atoms with Crippen LogP contribution in [0.25, 0.3) is 0 Å². The second-order valence-electron chi connectivity index (χ2n) is 3.72. The molecule has 0 aromatic carbocycles. The van der Waals surface area contributed by atoms with Crippen molar-refractivity contribution in [3.8, 4) is 6.07 Å². The van der Waals surface area contributed by atoms with Crippen LogP contribution in [0.5, 0.6) is 0 Å². The zero-order valence-corrected chi connectivity index (χ0v) is 10.6. The van der Waals surface area contributed by atoms with Crippen LogP contribution in [0.2, 0.25) is 5.15 Å². The number of nitrogens with one attached hydrogen (secondary N) is 1. The van der Waals surface area contributed by atoms with Gasteiger partial charge in [-0.15, -0.1) is 0 Å². The summed E-state index contributed by atoms with van der Waals surface area (Å²) in [5.74, 6) is -0.306. The van der Waals surface area contributed by atoms with Gasteiger partial charge in [-0.25, -0.2) is 4.98 Å². The van der Waals surface area contributed by atoms with E-state index in [0.29, 0.717) is 23.6 Å². The molecule has 1 rings (SSSR count). The molecule has 0 saturated carbocycles. The molecule has 4 nitrogen and oxygen atoms in total. The van der Waals surface area contributed by atoms with Crippen molar-refractivity contribution in [3.63, 3.8) is 0 Å². The van der Waals surface area contributed by atoms with Gasteiger partial charge in [0.2, 0.25) is 0 Å². The lowest BCUT2D eigenvalue weighted by Crippen LogP contribution is -2.46. The van der Waals surface area contributed by atoms with Crippen LogP contribution in [0, 0.1) is 11.3 Å². The molecular formula is C12H14ClN3O. The quantitative estimate of drug-likeness (QED) is 0.837. The lowest BCUT2D eigenvalue weighted by Gasteiger charge is -2.24. The molecule has 0 aliphatic carbocycles. The van der Waals surface area contributed by atoms with E-state index in [9.17, 15) is 4.79 Å². The molecule has 0 aliphatic heterocycles. The Morgan fingerprint density at radius 1 is 1.53 bits per heavy atom. The molecule has 0 spiro atoms. The van der Waals surface area contributed by atoms with Crippen LogP contribution >= 0.6 is 11.6 Å². The van der Waals surface area contributed by atoms with Gasteiger partial charge in [0.25, 0.3) is 5.91 Å². The molecule has 90 valence electrons. The van der Waals surface area contributed by atoms with Gasteiger partial charge in [0, 0.05) is 6.20 Å². The number of hydrogen-bond acceptors (Lipinski definition) is 3. The highest BCUT2D eigenvalue weighted by Crippen LogP contribution is 2.15. The van der Waals surface area contributed by atoms with E-state index in [1.54, 1.807) is 12.1 Å². The first kappa shape index (κ1) is 13.5. The number of halogens is 1. The highest BCUT2D eigenvalue weighted by molar-refractivity contribution is 6.29. The molecule has 0 fully saturated rings. The van der Waals surface area contributed by atoms with Crippen molar-refractivity contribution < 1.29 is 4.79 Å². The number of rotatable bonds is 4. The summed E-state index contributed by atoms with van der Waals surface area (Å²) in [6, 6.07) is 5.27. The van der Waals surface area contributed by atoms with Crippen LogP contribution in [0.3, 0.4) is 0 Å². The van der Waals surface area contributed by atoms with E-state index in [-0.39, 0.29) is 5.91 Å². The van der Waals surface area contributed by atoms with E-state index in [1.165, 1.54) is 6.20 Å². The molecule has 1 aromatic heterocycles. The van der Waals surface area contributed by atoms with Crippen molar-refractivity contribution in [2.45, 2.75) is 32.2 Å². The summed E-state index contributed by atoms with van der Waals surface area (Å²) in [6.07, 6.45) is 2.52. The zero-order valence-electron chi connectivity index (χ0n) is 9.83. The molecular weight excluding hydrogens is 238 g/mol. The number of amides is 1. The summed E-state index contributed by atoms with van der Waals surface area (Å²) >= 11 is 5.64. The van der Waals surface area contributed by atoms with E-state index in [1.807, 2.05) is 13.8 Å². The molecule has 0 radical (unpaired) electrons. The third kappa shape index (κ3) is 3.18. The first-order valence-corrected chi connectivity index (χ1v) is 5.80. The van der Waals surface area contributed by atoms with Gasteiger partial charge in [0.1, 0.15) is 10.7 Å². The third-order valence-electron chi connectivity index (χ3n) is 2.76. The first-order valence-electron chi connectivity index (χ1n) is 5.42. The van der Waals surface area contributed by atoms with Crippen molar-refractivity contribution in [1.82, 2.24) is 10.3 Å². The van der Waals surface area contributed by atoms with Gasteiger partial charge in [-0.2, -0.15) is 5.26 Å². The number of carbonyl (C=O) groups excluding carboxylic acids is 1.